The van der Waals surface area contributed by atoms with Crippen molar-refractivity contribution < 1.29 is 4.79 Å². The molecule has 1 unspecified atom stereocenters. The molecule has 90 valence electrons. The number of aldehydes is 1. The third kappa shape index (κ3) is 2.00. The summed E-state index contributed by atoms with van der Waals surface area (Å²) in [7, 11) is 1.73. The predicted octanol–water partition coefficient (Wildman–Crippen LogP) is 2.28. The maximum absolute atomic E-state index is 11.1. The largest absolute Gasteiger partial charge is 0.299 e. The molecule has 0 spiro atoms. The lowest BCUT2D eigenvalue weighted by molar-refractivity contribution is -0.111. The van der Waals surface area contributed by atoms with E-state index in [-0.39, 0.29) is 0 Å². The third-order valence-corrected chi connectivity index (χ3v) is 3.64. The second-order valence-electron chi connectivity index (χ2n) is 3.75. The highest BCUT2D eigenvalue weighted by Gasteiger charge is 2.29. The van der Waals surface area contributed by atoms with E-state index in [1.807, 2.05) is 25.3 Å². The van der Waals surface area contributed by atoms with Crippen LogP contribution in [0.3, 0.4) is 0 Å². The van der Waals surface area contributed by atoms with E-state index in [9.17, 15) is 4.79 Å². The Labute approximate surface area is 104 Å². The molecule has 0 saturated heterocycles. The normalized spacial score (nSPS) is 18.9. The molecule has 17 heavy (non-hydrogen) atoms. The summed E-state index contributed by atoms with van der Waals surface area (Å²) >= 11 is 1.68. The minimum absolute atomic E-state index is 0.453. The van der Waals surface area contributed by atoms with Gasteiger partial charge in [-0.3, -0.25) is 4.79 Å². The van der Waals surface area contributed by atoms with Gasteiger partial charge >= 0.3 is 0 Å². The van der Waals surface area contributed by atoms with Gasteiger partial charge in [0.15, 0.2) is 12.5 Å². The highest BCUT2D eigenvalue weighted by molar-refractivity contribution is 7.98. The van der Waals surface area contributed by atoms with Crippen LogP contribution in [0.4, 0.5) is 5.69 Å². The van der Waals surface area contributed by atoms with Gasteiger partial charge in [0.1, 0.15) is 0 Å². The second-order valence-corrected chi connectivity index (χ2v) is 4.60. The predicted molar refractivity (Wildman–Crippen MR) is 67.9 cm³/mol. The van der Waals surface area contributed by atoms with E-state index in [1.54, 1.807) is 23.8 Å². The van der Waals surface area contributed by atoms with Crippen LogP contribution in [0.1, 0.15) is 5.56 Å². The zero-order chi connectivity index (χ0) is 12.4. The Morgan fingerprint density at radius 1 is 1.41 bits per heavy atom. The SMILES string of the molecule is CSc1cccc(N2N=NN(C)C2C=O)c1C. The van der Waals surface area contributed by atoms with Gasteiger partial charge in [0.25, 0.3) is 0 Å². The van der Waals surface area contributed by atoms with Crippen LogP contribution in [0.2, 0.25) is 0 Å². The van der Waals surface area contributed by atoms with E-state index in [0.717, 1.165) is 17.5 Å². The van der Waals surface area contributed by atoms with Crippen LogP contribution in [-0.4, -0.2) is 30.8 Å². The van der Waals surface area contributed by atoms with Gasteiger partial charge in [0.05, 0.1) is 5.69 Å². The van der Waals surface area contributed by atoms with E-state index in [2.05, 4.69) is 16.5 Å². The van der Waals surface area contributed by atoms with Crippen molar-refractivity contribution in [3.8, 4) is 0 Å². The van der Waals surface area contributed by atoms with Crippen molar-refractivity contribution in [1.82, 2.24) is 5.01 Å². The minimum atomic E-state index is -0.453. The van der Waals surface area contributed by atoms with E-state index >= 15 is 0 Å². The number of hydrogen-bond acceptors (Lipinski definition) is 6. The molecule has 0 saturated carbocycles. The van der Waals surface area contributed by atoms with Crippen LogP contribution >= 0.6 is 11.8 Å². The lowest BCUT2D eigenvalue weighted by atomic mass is 10.2. The molecule has 0 aliphatic carbocycles. The lowest BCUT2D eigenvalue weighted by Crippen LogP contribution is -2.38. The quantitative estimate of drug-likeness (QED) is 0.610. The lowest BCUT2D eigenvalue weighted by Gasteiger charge is -2.22. The van der Waals surface area contributed by atoms with Crippen molar-refractivity contribution in [3.05, 3.63) is 23.8 Å². The number of carbonyl (C=O) groups excluding carboxylic acids is 1. The Morgan fingerprint density at radius 2 is 2.18 bits per heavy atom. The van der Waals surface area contributed by atoms with Crippen LogP contribution in [-0.2, 0) is 4.79 Å². The number of benzene rings is 1. The molecule has 1 aliphatic heterocycles. The van der Waals surface area contributed by atoms with E-state index in [1.165, 1.54) is 9.90 Å². The van der Waals surface area contributed by atoms with Gasteiger partial charge in [-0.05, 0) is 36.1 Å². The molecule has 6 heteroatoms. The van der Waals surface area contributed by atoms with Crippen molar-refractivity contribution in [2.24, 2.45) is 10.4 Å². The Balaban J connectivity index is 2.41. The molecule has 0 aromatic heterocycles. The van der Waals surface area contributed by atoms with Gasteiger partial charge in [-0.15, -0.1) is 11.8 Å². The summed E-state index contributed by atoms with van der Waals surface area (Å²) in [6.45, 7) is 2.02. The smallest absolute Gasteiger partial charge is 0.197 e. The van der Waals surface area contributed by atoms with E-state index in [4.69, 9.17) is 0 Å². The number of likely N-dealkylation sites (N-methyl/N-ethyl adjacent to an activating group) is 1. The highest BCUT2D eigenvalue weighted by Crippen LogP contribution is 2.32. The number of anilines is 1. The van der Waals surface area contributed by atoms with Gasteiger partial charge in [-0.2, -0.15) is 0 Å². The zero-order valence-corrected chi connectivity index (χ0v) is 10.8. The van der Waals surface area contributed by atoms with Gasteiger partial charge in [-0.25, -0.2) is 10.0 Å². The number of nitrogens with zero attached hydrogens (tertiary/aromatic N) is 4. The first kappa shape index (κ1) is 11.9. The number of carbonyl (C=O) groups is 1. The molecule has 2 rings (SSSR count). The molecule has 0 amide bonds. The number of thioether (sulfide) groups is 1. The van der Waals surface area contributed by atoms with Crippen LogP contribution < -0.4 is 5.01 Å². The first-order valence-electron chi connectivity index (χ1n) is 5.21. The average Bonchev–Trinajstić information content (AvgIpc) is 2.70. The molecule has 1 atom stereocenters. The number of rotatable bonds is 3. The summed E-state index contributed by atoms with van der Waals surface area (Å²) in [5, 5.41) is 11.1. The van der Waals surface area contributed by atoms with Crippen LogP contribution in [0, 0.1) is 6.92 Å². The zero-order valence-electron chi connectivity index (χ0n) is 9.99. The van der Waals surface area contributed by atoms with Crippen LogP contribution in [0.5, 0.6) is 0 Å². The fourth-order valence-corrected chi connectivity index (χ4v) is 2.40. The van der Waals surface area contributed by atoms with Crippen LogP contribution in [0.25, 0.3) is 0 Å². The van der Waals surface area contributed by atoms with Gasteiger partial charge in [0.2, 0.25) is 0 Å². The fraction of sp³-hybridized carbons (Fsp3) is 0.364. The topological polar surface area (TPSA) is 48.3 Å². The maximum Gasteiger partial charge on any atom is 0.197 e. The van der Waals surface area contributed by atoms with Crippen molar-refractivity contribution >= 4 is 23.7 Å². The van der Waals surface area contributed by atoms with Crippen molar-refractivity contribution in [2.45, 2.75) is 18.0 Å². The van der Waals surface area contributed by atoms with Gasteiger partial charge in [-0.1, -0.05) is 11.3 Å². The molecule has 0 bridgehead atoms. The van der Waals surface area contributed by atoms with Gasteiger partial charge < -0.3 is 0 Å². The molecule has 0 radical (unpaired) electrons. The summed E-state index contributed by atoms with van der Waals surface area (Å²) in [6, 6.07) is 5.96. The van der Waals surface area contributed by atoms with Crippen molar-refractivity contribution in [3.63, 3.8) is 0 Å². The Hall–Kier alpha value is -1.56. The van der Waals surface area contributed by atoms with Crippen molar-refractivity contribution in [2.75, 3.05) is 18.3 Å². The molecule has 1 heterocycles. The summed E-state index contributed by atoms with van der Waals surface area (Å²) in [6.07, 6.45) is 2.41. The molecule has 0 fully saturated rings. The molecule has 5 nitrogen and oxygen atoms in total. The summed E-state index contributed by atoms with van der Waals surface area (Å²) < 4.78 is 0. The highest BCUT2D eigenvalue weighted by atomic mass is 32.2. The van der Waals surface area contributed by atoms with E-state index < -0.39 is 6.17 Å². The summed E-state index contributed by atoms with van der Waals surface area (Å²) in [5.41, 5.74) is 2.03. The minimum Gasteiger partial charge on any atom is -0.299 e. The Morgan fingerprint density at radius 3 is 2.82 bits per heavy atom. The molecular formula is C11H14N4OS. The van der Waals surface area contributed by atoms with Gasteiger partial charge in [0, 0.05) is 11.9 Å². The molecule has 1 aromatic rings. The third-order valence-electron chi connectivity index (χ3n) is 2.75. The van der Waals surface area contributed by atoms with E-state index in [0.29, 0.717) is 0 Å². The summed E-state index contributed by atoms with van der Waals surface area (Å²) in [4.78, 5) is 12.2. The molecule has 0 N–H and O–H groups in total. The van der Waals surface area contributed by atoms with Crippen molar-refractivity contribution in [1.29, 1.82) is 0 Å². The molecule has 1 aromatic carbocycles. The first-order valence-corrected chi connectivity index (χ1v) is 6.44. The average molecular weight is 250 g/mol. The van der Waals surface area contributed by atoms with Crippen LogP contribution in [0.15, 0.2) is 33.5 Å². The molecular weight excluding hydrogens is 236 g/mol. The fourth-order valence-electron chi connectivity index (χ4n) is 1.78. The maximum atomic E-state index is 11.1. The monoisotopic (exact) mass is 250 g/mol. The molecule has 1 aliphatic rings. The first-order chi connectivity index (χ1) is 8.19. The number of hydrogen-bond donors (Lipinski definition) is 0. The standard InChI is InChI=1S/C11H14N4OS/c1-8-9(5-4-6-10(8)17-3)15-11(7-16)14(2)12-13-15/h4-7,11H,1-3H3. The Bertz CT molecular complexity index is 463. The second kappa shape index (κ2) is 4.75. The Kier molecular flexibility index (Phi) is 3.33. The summed E-state index contributed by atoms with van der Waals surface area (Å²) in [5.74, 6) is 0.